The van der Waals surface area contributed by atoms with Crippen molar-refractivity contribution in [3.8, 4) is 0 Å². The maximum Gasteiger partial charge on any atom is 0.326 e. The first-order valence-electron chi connectivity index (χ1n) is 8.92. The Morgan fingerprint density at radius 1 is 1.18 bits per heavy atom. The smallest absolute Gasteiger partial charge is 0.326 e. The summed E-state index contributed by atoms with van der Waals surface area (Å²) in [5.74, 6) is -0.674. The molecule has 0 aliphatic rings. The Balaban J connectivity index is 2.13. The molecule has 5 nitrogen and oxygen atoms in total. The molecule has 146 valence electrons. The van der Waals surface area contributed by atoms with Crippen molar-refractivity contribution in [2.24, 2.45) is 4.99 Å². The van der Waals surface area contributed by atoms with Gasteiger partial charge >= 0.3 is 5.97 Å². The molecule has 0 saturated carbocycles. The van der Waals surface area contributed by atoms with Gasteiger partial charge in [-0.25, -0.2) is 0 Å². The van der Waals surface area contributed by atoms with Crippen molar-refractivity contribution < 1.29 is 14.3 Å². The predicted molar refractivity (Wildman–Crippen MR) is 114 cm³/mol. The number of carbonyl (C=O) groups is 2. The molecule has 0 spiro atoms. The molecule has 7 heteroatoms. The topological polar surface area (TPSA) is 60.7 Å². The Morgan fingerprint density at radius 3 is 2.64 bits per heavy atom. The first kappa shape index (κ1) is 20.4. The van der Waals surface area contributed by atoms with Crippen LogP contribution >= 0.6 is 23.1 Å². The zero-order valence-corrected chi connectivity index (χ0v) is 17.9. The molecule has 0 aliphatic carbocycles. The SMILES string of the molecule is CCOC(=O)Cn1c(=NC(=O)c2cccc(SC)c2)sc2cc(C)c(C)cc21. The van der Waals surface area contributed by atoms with Crippen molar-refractivity contribution >= 4 is 45.2 Å². The number of esters is 1. The van der Waals surface area contributed by atoms with Gasteiger partial charge in [-0.2, -0.15) is 4.99 Å². The second-order valence-electron chi connectivity index (χ2n) is 6.33. The van der Waals surface area contributed by atoms with Crippen molar-refractivity contribution in [3.05, 3.63) is 57.9 Å². The van der Waals surface area contributed by atoms with Crippen LogP contribution in [0.5, 0.6) is 0 Å². The Morgan fingerprint density at radius 2 is 1.93 bits per heavy atom. The number of ether oxygens (including phenoxy) is 1. The first-order valence-corrected chi connectivity index (χ1v) is 11.0. The summed E-state index contributed by atoms with van der Waals surface area (Å²) in [5.41, 5.74) is 3.68. The fourth-order valence-electron chi connectivity index (χ4n) is 2.80. The van der Waals surface area contributed by atoms with E-state index in [0.29, 0.717) is 17.0 Å². The minimum Gasteiger partial charge on any atom is -0.465 e. The van der Waals surface area contributed by atoms with Gasteiger partial charge in [0.25, 0.3) is 5.91 Å². The number of aromatic nitrogens is 1. The van der Waals surface area contributed by atoms with E-state index < -0.39 is 0 Å². The highest BCUT2D eigenvalue weighted by molar-refractivity contribution is 7.98. The third-order valence-corrected chi connectivity index (χ3v) is 6.17. The summed E-state index contributed by atoms with van der Waals surface area (Å²) >= 11 is 2.98. The van der Waals surface area contributed by atoms with E-state index in [9.17, 15) is 9.59 Å². The third kappa shape index (κ3) is 4.36. The molecule has 0 unspecified atom stereocenters. The zero-order chi connectivity index (χ0) is 20.3. The Bertz CT molecular complexity index is 1110. The van der Waals surface area contributed by atoms with Gasteiger partial charge in [0.05, 0.1) is 16.8 Å². The standard InChI is InChI=1S/C21H22N2O3S2/c1-5-26-19(24)12-23-17-9-13(2)14(3)10-18(17)28-21(23)22-20(25)15-7-6-8-16(11-15)27-4/h6-11H,5,12H2,1-4H3. The predicted octanol–water partition coefficient (Wildman–Crippen LogP) is 4.35. The number of benzene rings is 2. The molecular weight excluding hydrogens is 392 g/mol. The van der Waals surface area contributed by atoms with Crippen LogP contribution in [0, 0.1) is 13.8 Å². The molecule has 1 amide bonds. The number of nitrogens with zero attached hydrogens (tertiary/aromatic N) is 2. The second-order valence-corrected chi connectivity index (χ2v) is 8.22. The van der Waals surface area contributed by atoms with Crippen molar-refractivity contribution in [2.75, 3.05) is 12.9 Å². The second kappa shape index (κ2) is 8.75. The quantitative estimate of drug-likeness (QED) is 0.460. The van der Waals surface area contributed by atoms with E-state index >= 15 is 0 Å². The van der Waals surface area contributed by atoms with Crippen LogP contribution in [0.4, 0.5) is 0 Å². The van der Waals surface area contributed by atoms with Crippen molar-refractivity contribution in [1.82, 2.24) is 4.57 Å². The zero-order valence-electron chi connectivity index (χ0n) is 16.3. The van der Waals surface area contributed by atoms with Crippen LogP contribution < -0.4 is 4.80 Å². The Labute approximate surface area is 172 Å². The van der Waals surface area contributed by atoms with Gasteiger partial charge in [-0.15, -0.1) is 11.8 Å². The number of hydrogen-bond acceptors (Lipinski definition) is 5. The van der Waals surface area contributed by atoms with Gasteiger partial charge in [0, 0.05) is 10.5 Å². The van der Waals surface area contributed by atoms with Gasteiger partial charge in [-0.3, -0.25) is 9.59 Å². The number of rotatable bonds is 5. The van der Waals surface area contributed by atoms with Crippen LogP contribution in [-0.4, -0.2) is 29.3 Å². The minimum absolute atomic E-state index is 0.0211. The summed E-state index contributed by atoms with van der Waals surface area (Å²) in [6.45, 7) is 6.17. The number of thioether (sulfide) groups is 1. The van der Waals surface area contributed by atoms with Crippen molar-refractivity contribution in [1.29, 1.82) is 0 Å². The van der Waals surface area contributed by atoms with E-state index in [1.54, 1.807) is 29.3 Å². The molecule has 0 aliphatic heterocycles. The highest BCUT2D eigenvalue weighted by Gasteiger charge is 2.14. The monoisotopic (exact) mass is 414 g/mol. The number of aryl methyl sites for hydroxylation is 2. The maximum atomic E-state index is 12.8. The lowest BCUT2D eigenvalue weighted by Crippen LogP contribution is -2.23. The molecule has 0 bridgehead atoms. The number of carbonyl (C=O) groups excluding carboxylic acids is 2. The van der Waals surface area contributed by atoms with Crippen LogP contribution in [0.3, 0.4) is 0 Å². The van der Waals surface area contributed by atoms with Gasteiger partial charge in [0.15, 0.2) is 4.80 Å². The largest absolute Gasteiger partial charge is 0.465 e. The van der Waals surface area contributed by atoms with E-state index in [1.165, 1.54) is 11.3 Å². The average molecular weight is 415 g/mol. The summed E-state index contributed by atoms with van der Waals surface area (Å²) in [6.07, 6.45) is 1.96. The van der Waals surface area contributed by atoms with Gasteiger partial charge in [-0.05, 0) is 68.5 Å². The molecule has 1 aromatic heterocycles. The van der Waals surface area contributed by atoms with Crippen LogP contribution in [0.1, 0.15) is 28.4 Å². The van der Waals surface area contributed by atoms with Crippen LogP contribution in [0.25, 0.3) is 10.2 Å². The summed E-state index contributed by atoms with van der Waals surface area (Å²) in [7, 11) is 0. The van der Waals surface area contributed by atoms with Crippen LogP contribution in [-0.2, 0) is 16.1 Å². The molecular formula is C21H22N2O3S2. The normalized spacial score (nSPS) is 11.8. The molecule has 0 N–H and O–H groups in total. The van der Waals surface area contributed by atoms with E-state index in [0.717, 1.165) is 26.2 Å². The molecule has 3 aromatic rings. The van der Waals surface area contributed by atoms with Gasteiger partial charge in [0.2, 0.25) is 0 Å². The number of fused-ring (bicyclic) bond motifs is 1. The number of hydrogen-bond donors (Lipinski definition) is 0. The van der Waals surface area contributed by atoms with Gasteiger partial charge < -0.3 is 9.30 Å². The van der Waals surface area contributed by atoms with Crippen LogP contribution in [0.2, 0.25) is 0 Å². The summed E-state index contributed by atoms with van der Waals surface area (Å²) in [5, 5.41) is 0. The van der Waals surface area contributed by atoms with Crippen molar-refractivity contribution in [2.45, 2.75) is 32.2 Å². The fraction of sp³-hybridized carbons (Fsp3) is 0.286. The molecule has 0 fully saturated rings. The van der Waals surface area contributed by atoms with Crippen LogP contribution in [0.15, 0.2) is 46.3 Å². The van der Waals surface area contributed by atoms with E-state index in [1.807, 2.05) is 44.4 Å². The van der Waals surface area contributed by atoms with Gasteiger partial charge in [0.1, 0.15) is 6.54 Å². The molecule has 1 heterocycles. The maximum absolute atomic E-state index is 12.8. The Hall–Kier alpha value is -2.38. The molecule has 3 rings (SSSR count). The van der Waals surface area contributed by atoms with E-state index in [2.05, 4.69) is 11.1 Å². The molecule has 0 radical (unpaired) electrons. The minimum atomic E-state index is -0.348. The number of amides is 1. The highest BCUT2D eigenvalue weighted by atomic mass is 32.2. The third-order valence-electron chi connectivity index (χ3n) is 4.40. The molecule has 28 heavy (non-hydrogen) atoms. The highest BCUT2D eigenvalue weighted by Crippen LogP contribution is 2.22. The summed E-state index contributed by atoms with van der Waals surface area (Å²) < 4.78 is 7.86. The fourth-order valence-corrected chi connectivity index (χ4v) is 4.37. The lowest BCUT2D eigenvalue weighted by atomic mass is 10.1. The molecule has 2 aromatic carbocycles. The first-order chi connectivity index (χ1) is 13.4. The lowest BCUT2D eigenvalue weighted by Gasteiger charge is -2.06. The number of thiazole rings is 1. The molecule has 0 atom stereocenters. The molecule has 0 saturated heterocycles. The van der Waals surface area contributed by atoms with E-state index in [4.69, 9.17) is 4.74 Å². The average Bonchev–Trinajstić information content (AvgIpc) is 2.98. The van der Waals surface area contributed by atoms with E-state index in [-0.39, 0.29) is 18.4 Å². The summed E-state index contributed by atoms with van der Waals surface area (Å²) in [4.78, 5) is 30.7. The lowest BCUT2D eigenvalue weighted by molar-refractivity contribution is -0.143. The van der Waals surface area contributed by atoms with Gasteiger partial charge in [-0.1, -0.05) is 17.4 Å². The Kier molecular flexibility index (Phi) is 6.36. The van der Waals surface area contributed by atoms with Crippen molar-refractivity contribution in [3.63, 3.8) is 0 Å². The summed E-state index contributed by atoms with van der Waals surface area (Å²) in [6, 6.07) is 11.5.